The molecule has 1 heterocycles. The first-order chi connectivity index (χ1) is 12.5. The van der Waals surface area contributed by atoms with Crippen molar-refractivity contribution in [3.05, 3.63) is 0 Å². The summed E-state index contributed by atoms with van der Waals surface area (Å²) in [5.74, 6) is -4.47. The van der Waals surface area contributed by atoms with E-state index in [0.29, 0.717) is 24.7 Å². The Morgan fingerprint density at radius 2 is 1.52 bits per heavy atom. The van der Waals surface area contributed by atoms with Crippen LogP contribution in [-0.4, -0.2) is 22.6 Å². The second kappa shape index (κ2) is 5.57. The fourth-order valence-electron chi connectivity index (χ4n) is 8.31. The van der Waals surface area contributed by atoms with Gasteiger partial charge in [-0.3, -0.25) is 0 Å². The fraction of sp³-hybridized carbons (Fsp3) is 1.00. The smallest absolute Gasteiger partial charge is 0.196 e. The van der Waals surface area contributed by atoms with Crippen LogP contribution in [0.15, 0.2) is 0 Å². The summed E-state index contributed by atoms with van der Waals surface area (Å²) in [7, 11) is 0. The van der Waals surface area contributed by atoms with E-state index in [1.807, 2.05) is 0 Å². The van der Waals surface area contributed by atoms with Crippen molar-refractivity contribution >= 4 is 11.8 Å². The molecule has 0 aromatic heterocycles. The molecule has 0 aromatic rings. The molecule has 0 nitrogen and oxygen atoms in total. The zero-order valence-corrected chi connectivity index (χ0v) is 16.8. The van der Waals surface area contributed by atoms with Crippen molar-refractivity contribution in [1.82, 2.24) is 0 Å². The van der Waals surface area contributed by atoms with Gasteiger partial charge in [0.1, 0.15) is 0 Å². The lowest BCUT2D eigenvalue weighted by Gasteiger charge is -2.60. The molecule has 5 fully saturated rings. The van der Waals surface area contributed by atoms with Crippen molar-refractivity contribution in [2.75, 3.05) is 0 Å². The second-order valence-corrected chi connectivity index (χ2v) is 12.1. The zero-order valence-electron chi connectivity index (χ0n) is 16.0. The van der Waals surface area contributed by atoms with Gasteiger partial charge in [-0.2, -0.15) is 33.7 Å². The summed E-state index contributed by atoms with van der Waals surface area (Å²) in [6.45, 7) is 4.18. The van der Waals surface area contributed by atoms with Gasteiger partial charge in [0, 0.05) is 16.4 Å². The highest BCUT2D eigenvalue weighted by Gasteiger charge is 2.71. The van der Waals surface area contributed by atoms with E-state index in [-0.39, 0.29) is 17.8 Å². The predicted octanol–water partition coefficient (Wildman–Crippen LogP) is 6.94. The molecule has 154 valence electrons. The highest BCUT2D eigenvalue weighted by atomic mass is 32.2. The maximum Gasteiger partial charge on any atom is 0.453 e. The lowest BCUT2D eigenvalue weighted by Crippen LogP contribution is -2.56. The van der Waals surface area contributed by atoms with Gasteiger partial charge in [-0.1, -0.05) is 13.8 Å². The largest absolute Gasteiger partial charge is 0.453 e. The van der Waals surface area contributed by atoms with Crippen LogP contribution in [0.3, 0.4) is 0 Å². The van der Waals surface area contributed by atoms with Crippen molar-refractivity contribution in [2.45, 2.75) is 87.8 Å². The van der Waals surface area contributed by atoms with Gasteiger partial charge in [0.05, 0.1) is 0 Å². The van der Waals surface area contributed by atoms with Crippen molar-refractivity contribution in [1.29, 1.82) is 0 Å². The first-order valence-corrected chi connectivity index (χ1v) is 11.5. The molecule has 9 atom stereocenters. The second-order valence-electron chi connectivity index (χ2n) is 10.6. The fourth-order valence-corrected chi connectivity index (χ4v) is 9.68. The third-order valence-corrected chi connectivity index (χ3v) is 11.1. The number of alkyl halides is 5. The molecule has 4 saturated carbocycles. The summed E-state index contributed by atoms with van der Waals surface area (Å²) >= 11 is 2.10. The molecule has 0 spiro atoms. The minimum Gasteiger partial charge on any atom is -0.196 e. The van der Waals surface area contributed by atoms with Gasteiger partial charge < -0.3 is 0 Å². The average Bonchev–Trinajstić information content (AvgIpc) is 3.19. The molecule has 5 rings (SSSR count). The average molecular weight is 409 g/mol. The Kier molecular flexibility index (Phi) is 3.92. The van der Waals surface area contributed by atoms with E-state index in [1.165, 1.54) is 12.8 Å². The van der Waals surface area contributed by atoms with Crippen LogP contribution >= 0.6 is 11.8 Å². The molecule has 4 unspecified atom stereocenters. The summed E-state index contributed by atoms with van der Waals surface area (Å²) in [6.07, 6.45) is 1.25. The van der Waals surface area contributed by atoms with Gasteiger partial charge in [0.15, 0.2) is 0 Å². The summed E-state index contributed by atoms with van der Waals surface area (Å²) in [6, 6.07) is 0. The molecule has 0 amide bonds. The number of fused-ring (bicyclic) bond motifs is 6. The standard InChI is InChI=1S/C21H29F5S/c1-18-8-7-14-12(4-3-11-9-15-16(27-15)10-19(11,14)2)13(18)5-6-17(18)20(22,23)21(24,25)26/h11-17H,3-10H2,1-2H3/t11?,12-,13-,14+,15?,16?,17?,18-,19-/m0/s1. The summed E-state index contributed by atoms with van der Waals surface area (Å²) < 4.78 is 68.1. The lowest BCUT2D eigenvalue weighted by molar-refractivity contribution is -0.316. The molecule has 0 radical (unpaired) electrons. The summed E-state index contributed by atoms with van der Waals surface area (Å²) in [5.41, 5.74) is -0.589. The third kappa shape index (κ3) is 2.46. The van der Waals surface area contributed by atoms with E-state index in [4.69, 9.17) is 0 Å². The molecule has 6 heteroatoms. The van der Waals surface area contributed by atoms with Gasteiger partial charge >= 0.3 is 12.1 Å². The first kappa shape index (κ1) is 19.0. The molecule has 0 aromatic carbocycles. The third-order valence-electron chi connectivity index (χ3n) is 9.73. The summed E-state index contributed by atoms with van der Waals surface area (Å²) in [5, 5.41) is 1.62. The van der Waals surface area contributed by atoms with Crippen LogP contribution in [0.2, 0.25) is 0 Å². The van der Waals surface area contributed by atoms with Crippen molar-refractivity contribution in [3.8, 4) is 0 Å². The number of hydrogen-bond donors (Lipinski definition) is 0. The van der Waals surface area contributed by atoms with E-state index < -0.39 is 23.4 Å². The van der Waals surface area contributed by atoms with Crippen molar-refractivity contribution in [2.24, 2.45) is 40.4 Å². The van der Waals surface area contributed by atoms with Crippen LogP contribution in [0.4, 0.5) is 22.0 Å². The van der Waals surface area contributed by atoms with Gasteiger partial charge in [-0.15, -0.1) is 0 Å². The Morgan fingerprint density at radius 3 is 2.22 bits per heavy atom. The molecule has 1 aliphatic heterocycles. The number of hydrogen-bond acceptors (Lipinski definition) is 1. The molecule has 5 aliphatic rings. The lowest BCUT2D eigenvalue weighted by atomic mass is 9.44. The Labute approximate surface area is 162 Å². The molecule has 4 aliphatic carbocycles. The molecular formula is C21H29F5S. The van der Waals surface area contributed by atoms with E-state index in [2.05, 4.69) is 18.7 Å². The zero-order chi connectivity index (χ0) is 19.4. The van der Waals surface area contributed by atoms with Gasteiger partial charge in [-0.05, 0) is 85.9 Å². The first-order valence-electron chi connectivity index (χ1n) is 10.6. The van der Waals surface area contributed by atoms with Gasteiger partial charge in [-0.25, -0.2) is 0 Å². The van der Waals surface area contributed by atoms with Crippen LogP contribution in [0.25, 0.3) is 0 Å². The van der Waals surface area contributed by atoms with E-state index in [0.717, 1.165) is 35.7 Å². The minimum atomic E-state index is -5.43. The SMILES string of the molecule is C[C@]12CC3SC3CC1CC[C@@H]1[C@H]2CC[C@]2(C)C(C(F)(F)C(F)(F)F)CC[C@@H]12. The molecule has 1 saturated heterocycles. The molecule has 27 heavy (non-hydrogen) atoms. The number of rotatable bonds is 1. The van der Waals surface area contributed by atoms with Crippen molar-refractivity contribution < 1.29 is 22.0 Å². The summed E-state index contributed by atoms with van der Waals surface area (Å²) in [4.78, 5) is 0. The minimum absolute atomic E-state index is 0.0254. The highest BCUT2D eigenvalue weighted by Crippen LogP contribution is 2.72. The maximum absolute atomic E-state index is 14.3. The van der Waals surface area contributed by atoms with Crippen LogP contribution in [-0.2, 0) is 0 Å². The Balaban J connectivity index is 1.43. The Morgan fingerprint density at radius 1 is 0.815 bits per heavy atom. The topological polar surface area (TPSA) is 0 Å². The number of halogens is 5. The van der Waals surface area contributed by atoms with Crippen molar-refractivity contribution in [3.63, 3.8) is 0 Å². The van der Waals surface area contributed by atoms with Crippen LogP contribution < -0.4 is 0 Å². The normalized spacial score (nSPS) is 54.6. The number of thioether (sulfide) groups is 1. The quantitative estimate of drug-likeness (QED) is 0.335. The molecular weight excluding hydrogens is 379 g/mol. The van der Waals surface area contributed by atoms with E-state index in [9.17, 15) is 22.0 Å². The molecule has 0 bridgehead atoms. The van der Waals surface area contributed by atoms with Crippen LogP contribution in [0.1, 0.15) is 65.2 Å². The monoisotopic (exact) mass is 408 g/mol. The Bertz CT molecular complexity index is 633. The maximum atomic E-state index is 14.3. The van der Waals surface area contributed by atoms with Crippen LogP contribution in [0, 0.1) is 40.4 Å². The highest BCUT2D eigenvalue weighted by molar-refractivity contribution is 8.07. The van der Waals surface area contributed by atoms with Gasteiger partial charge in [0.25, 0.3) is 0 Å². The van der Waals surface area contributed by atoms with Gasteiger partial charge in [0.2, 0.25) is 0 Å². The van der Waals surface area contributed by atoms with Crippen LogP contribution in [0.5, 0.6) is 0 Å². The van der Waals surface area contributed by atoms with E-state index >= 15 is 0 Å². The van der Waals surface area contributed by atoms with E-state index in [1.54, 1.807) is 6.92 Å². The Hall–Kier alpha value is -0.0000000000000000555. The predicted molar refractivity (Wildman–Crippen MR) is 96.8 cm³/mol. The molecule has 0 N–H and O–H groups in total.